The predicted molar refractivity (Wildman–Crippen MR) is 103 cm³/mol. The van der Waals surface area contributed by atoms with Crippen LogP contribution in [0.4, 0.5) is 0 Å². The molecule has 7 heteroatoms. The Hall–Kier alpha value is -2.54. The van der Waals surface area contributed by atoms with E-state index < -0.39 is 0 Å². The first-order valence-corrected chi connectivity index (χ1v) is 9.24. The molecule has 2 aromatic carbocycles. The van der Waals surface area contributed by atoms with Gasteiger partial charge in [0.25, 0.3) is 11.1 Å². The quantitative estimate of drug-likeness (QED) is 0.525. The van der Waals surface area contributed by atoms with Crippen molar-refractivity contribution in [3.8, 4) is 0 Å². The van der Waals surface area contributed by atoms with Crippen molar-refractivity contribution < 1.29 is 0 Å². The van der Waals surface area contributed by atoms with Gasteiger partial charge < -0.3 is 0 Å². The SMILES string of the molecule is O=c1c2ccccc2[nH]n1CCBr.O=c1c2ccccc2n2n1CC2. The molecule has 1 aliphatic rings. The molecule has 0 radical (unpaired) electrons. The molecular weight excluding hydrogens is 384 g/mol. The Morgan fingerprint density at radius 1 is 0.880 bits per heavy atom. The topological polar surface area (TPSA) is 64.7 Å². The van der Waals surface area contributed by atoms with E-state index in [0.717, 1.165) is 40.2 Å². The van der Waals surface area contributed by atoms with E-state index in [1.807, 2.05) is 53.2 Å². The van der Waals surface area contributed by atoms with Crippen molar-refractivity contribution >= 4 is 37.7 Å². The van der Waals surface area contributed by atoms with Crippen LogP contribution in [0.3, 0.4) is 0 Å². The summed E-state index contributed by atoms with van der Waals surface area (Å²) in [7, 11) is 0. The number of H-pyrrole nitrogens is 1. The van der Waals surface area contributed by atoms with E-state index in [9.17, 15) is 9.59 Å². The molecule has 2 aromatic heterocycles. The van der Waals surface area contributed by atoms with Crippen molar-refractivity contribution in [1.29, 1.82) is 0 Å². The van der Waals surface area contributed by atoms with Crippen molar-refractivity contribution in [3.05, 3.63) is 69.2 Å². The number of nitrogens with zero attached hydrogens (tertiary/aromatic N) is 3. The monoisotopic (exact) mass is 400 g/mol. The summed E-state index contributed by atoms with van der Waals surface area (Å²) in [5.74, 6) is 0. The molecule has 128 valence electrons. The van der Waals surface area contributed by atoms with E-state index in [-0.39, 0.29) is 11.1 Å². The van der Waals surface area contributed by atoms with E-state index in [4.69, 9.17) is 0 Å². The minimum Gasteiger partial charge on any atom is -0.295 e. The van der Waals surface area contributed by atoms with Crippen LogP contribution in [0, 0.1) is 0 Å². The summed E-state index contributed by atoms with van der Waals surface area (Å²) in [5, 5.41) is 5.41. The zero-order valence-corrected chi connectivity index (χ0v) is 15.1. The van der Waals surface area contributed by atoms with Crippen LogP contribution in [0.1, 0.15) is 0 Å². The Balaban J connectivity index is 0.000000126. The highest BCUT2D eigenvalue weighted by Crippen LogP contribution is 2.15. The maximum Gasteiger partial charge on any atom is 0.274 e. The first kappa shape index (κ1) is 16.0. The van der Waals surface area contributed by atoms with Gasteiger partial charge in [-0.05, 0) is 24.3 Å². The third kappa shape index (κ3) is 2.64. The Labute approximate surface area is 151 Å². The lowest BCUT2D eigenvalue weighted by molar-refractivity contribution is 0.317. The number of hydrogen-bond acceptors (Lipinski definition) is 2. The first-order valence-electron chi connectivity index (χ1n) is 8.12. The van der Waals surface area contributed by atoms with E-state index in [1.54, 1.807) is 9.36 Å². The van der Waals surface area contributed by atoms with Gasteiger partial charge in [-0.1, -0.05) is 40.2 Å². The standard InChI is InChI=1S/C9H9BrN2O.C9H8N2O/c10-5-6-12-9(13)7-3-1-2-4-8(7)11-12;12-9-7-3-1-2-4-8(7)10-5-6-11(9)10/h1-4,11H,5-6H2;1-4H,5-6H2. The van der Waals surface area contributed by atoms with Gasteiger partial charge >= 0.3 is 0 Å². The molecule has 3 heterocycles. The van der Waals surface area contributed by atoms with Gasteiger partial charge in [0.05, 0.1) is 41.4 Å². The second-order valence-electron chi connectivity index (χ2n) is 5.87. The molecule has 0 atom stereocenters. The Kier molecular flexibility index (Phi) is 4.09. The third-order valence-corrected chi connectivity index (χ3v) is 4.78. The van der Waals surface area contributed by atoms with E-state index >= 15 is 0 Å². The van der Waals surface area contributed by atoms with Gasteiger partial charge in [0.15, 0.2) is 0 Å². The molecular formula is C18H17BrN4O2. The number of hydrogen-bond donors (Lipinski definition) is 1. The van der Waals surface area contributed by atoms with Crippen molar-refractivity contribution in [1.82, 2.24) is 19.1 Å². The van der Waals surface area contributed by atoms with E-state index in [2.05, 4.69) is 21.0 Å². The highest BCUT2D eigenvalue weighted by Gasteiger charge is 2.18. The molecule has 25 heavy (non-hydrogen) atoms. The number of alkyl halides is 1. The van der Waals surface area contributed by atoms with Crippen LogP contribution in [-0.2, 0) is 19.6 Å². The molecule has 1 N–H and O–H groups in total. The number of aryl methyl sites for hydroxylation is 2. The van der Waals surface area contributed by atoms with Crippen LogP contribution in [0.25, 0.3) is 21.8 Å². The average molecular weight is 401 g/mol. The molecule has 5 rings (SSSR count). The lowest BCUT2D eigenvalue weighted by Gasteiger charge is -2.20. The Morgan fingerprint density at radius 2 is 1.56 bits per heavy atom. The molecule has 0 saturated carbocycles. The van der Waals surface area contributed by atoms with Crippen molar-refractivity contribution in [2.45, 2.75) is 19.6 Å². The van der Waals surface area contributed by atoms with Crippen molar-refractivity contribution in [3.63, 3.8) is 0 Å². The highest BCUT2D eigenvalue weighted by atomic mass is 79.9. The van der Waals surface area contributed by atoms with Gasteiger partial charge in [0, 0.05) is 5.33 Å². The van der Waals surface area contributed by atoms with E-state index in [0.29, 0.717) is 6.54 Å². The summed E-state index contributed by atoms with van der Waals surface area (Å²) >= 11 is 3.30. The third-order valence-electron chi connectivity index (χ3n) is 4.43. The summed E-state index contributed by atoms with van der Waals surface area (Å²) in [5.41, 5.74) is 2.16. The molecule has 0 aliphatic carbocycles. The van der Waals surface area contributed by atoms with Crippen LogP contribution in [0.2, 0.25) is 0 Å². The number of aromatic amines is 1. The molecule has 0 bridgehead atoms. The minimum atomic E-state index is 0.0510. The summed E-state index contributed by atoms with van der Waals surface area (Å²) in [4.78, 5) is 23.2. The summed E-state index contributed by atoms with van der Waals surface area (Å²) in [6.45, 7) is 2.52. The lowest BCUT2D eigenvalue weighted by atomic mass is 10.2. The second kappa shape index (κ2) is 6.40. The number of para-hydroxylation sites is 2. The van der Waals surface area contributed by atoms with Gasteiger partial charge in [-0.2, -0.15) is 0 Å². The Morgan fingerprint density at radius 3 is 2.24 bits per heavy atom. The first-order chi connectivity index (χ1) is 12.2. The minimum absolute atomic E-state index is 0.0510. The summed E-state index contributed by atoms with van der Waals surface area (Å²) < 4.78 is 5.42. The number of nitrogens with one attached hydrogen (secondary N) is 1. The number of benzene rings is 2. The fourth-order valence-electron chi connectivity index (χ4n) is 3.13. The smallest absolute Gasteiger partial charge is 0.274 e. The number of aromatic nitrogens is 4. The maximum absolute atomic E-state index is 11.6. The number of fused-ring (bicyclic) bond motifs is 4. The molecule has 6 nitrogen and oxygen atoms in total. The van der Waals surface area contributed by atoms with Gasteiger partial charge in [-0.15, -0.1) is 0 Å². The van der Waals surface area contributed by atoms with Crippen molar-refractivity contribution in [2.24, 2.45) is 0 Å². The average Bonchev–Trinajstić information content (AvgIpc) is 3.01. The fourth-order valence-corrected chi connectivity index (χ4v) is 3.49. The lowest BCUT2D eigenvalue weighted by Crippen LogP contribution is -2.34. The molecule has 0 fully saturated rings. The molecule has 0 amide bonds. The summed E-state index contributed by atoms with van der Waals surface area (Å²) in [6, 6.07) is 15.3. The molecule has 0 unspecified atom stereocenters. The summed E-state index contributed by atoms with van der Waals surface area (Å²) in [6.07, 6.45) is 0. The van der Waals surface area contributed by atoms with Crippen LogP contribution >= 0.6 is 15.9 Å². The fraction of sp³-hybridized carbons (Fsp3) is 0.222. The maximum atomic E-state index is 11.6. The molecule has 0 saturated heterocycles. The van der Waals surface area contributed by atoms with Gasteiger partial charge in [-0.25, -0.2) is 4.68 Å². The highest BCUT2D eigenvalue weighted by molar-refractivity contribution is 9.09. The van der Waals surface area contributed by atoms with Gasteiger partial charge in [-0.3, -0.25) is 24.1 Å². The van der Waals surface area contributed by atoms with Gasteiger partial charge in [0.1, 0.15) is 0 Å². The van der Waals surface area contributed by atoms with Crippen LogP contribution in [0.5, 0.6) is 0 Å². The zero-order chi connectivity index (χ0) is 17.4. The number of rotatable bonds is 2. The Bertz CT molecular complexity index is 1170. The van der Waals surface area contributed by atoms with Crippen LogP contribution in [0.15, 0.2) is 58.1 Å². The van der Waals surface area contributed by atoms with Crippen LogP contribution < -0.4 is 11.1 Å². The molecule has 4 aromatic rings. The zero-order valence-electron chi connectivity index (χ0n) is 13.5. The van der Waals surface area contributed by atoms with Crippen molar-refractivity contribution in [2.75, 3.05) is 5.33 Å². The largest absolute Gasteiger partial charge is 0.295 e. The molecule has 1 aliphatic heterocycles. The van der Waals surface area contributed by atoms with Crippen LogP contribution in [-0.4, -0.2) is 24.5 Å². The molecule has 0 spiro atoms. The second-order valence-corrected chi connectivity index (χ2v) is 6.66. The van der Waals surface area contributed by atoms with Gasteiger partial charge in [0.2, 0.25) is 0 Å². The number of halogens is 1. The predicted octanol–water partition coefficient (Wildman–Crippen LogP) is 2.54. The normalized spacial score (nSPS) is 12.5. The van der Waals surface area contributed by atoms with E-state index in [1.165, 1.54) is 0 Å².